The summed E-state index contributed by atoms with van der Waals surface area (Å²) < 4.78 is 5.71. The van der Waals surface area contributed by atoms with Crippen molar-refractivity contribution >= 4 is 34.8 Å². The van der Waals surface area contributed by atoms with E-state index in [0.717, 1.165) is 5.56 Å². The van der Waals surface area contributed by atoms with Crippen LogP contribution >= 0.6 is 23.2 Å². The molecule has 0 unspecified atom stereocenters. The number of aryl methyl sites for hydroxylation is 1. The summed E-state index contributed by atoms with van der Waals surface area (Å²) in [6.45, 7) is 0. The predicted molar refractivity (Wildman–Crippen MR) is 116 cm³/mol. The number of rotatable bonds is 6. The largest absolute Gasteiger partial charge is 0.441 e. The fourth-order valence-electron chi connectivity index (χ4n) is 2.81. The van der Waals surface area contributed by atoms with E-state index in [1.165, 1.54) is 0 Å². The Balaban J connectivity index is 1.33. The minimum absolute atomic E-state index is 0.185. The number of hydrogen-bond acceptors (Lipinski definition) is 5. The maximum absolute atomic E-state index is 12.2. The third-order valence-corrected chi connectivity index (χ3v) is 4.83. The summed E-state index contributed by atoms with van der Waals surface area (Å²) in [5.74, 6) is 1.39. The van der Waals surface area contributed by atoms with Crippen LogP contribution in [0, 0.1) is 0 Å². The Kier molecular flexibility index (Phi) is 6.07. The van der Waals surface area contributed by atoms with Crippen LogP contribution in [0.2, 0.25) is 10.0 Å². The molecule has 0 saturated carbocycles. The summed E-state index contributed by atoms with van der Waals surface area (Å²) in [4.78, 5) is 25.0. The van der Waals surface area contributed by atoms with Crippen molar-refractivity contribution in [2.24, 2.45) is 0 Å². The first kappa shape index (κ1) is 20.1. The van der Waals surface area contributed by atoms with Gasteiger partial charge >= 0.3 is 0 Å². The van der Waals surface area contributed by atoms with Crippen LogP contribution in [0.5, 0.6) is 0 Å². The Morgan fingerprint density at radius 3 is 2.47 bits per heavy atom. The molecule has 0 aliphatic heterocycles. The van der Waals surface area contributed by atoms with E-state index in [1.54, 1.807) is 36.8 Å². The van der Waals surface area contributed by atoms with Crippen LogP contribution in [0.1, 0.15) is 12.3 Å². The second kappa shape index (κ2) is 9.07. The number of oxazole rings is 1. The predicted octanol–water partition coefficient (Wildman–Crippen LogP) is 5.68. The maximum Gasteiger partial charge on any atom is 0.224 e. The van der Waals surface area contributed by atoms with Crippen LogP contribution in [-0.4, -0.2) is 20.9 Å². The van der Waals surface area contributed by atoms with Crippen molar-refractivity contribution < 1.29 is 9.21 Å². The average Bonchev–Trinajstić information content (AvgIpc) is 3.22. The van der Waals surface area contributed by atoms with Crippen LogP contribution in [0.4, 0.5) is 5.69 Å². The Labute approximate surface area is 182 Å². The molecule has 0 radical (unpaired) electrons. The average molecular weight is 439 g/mol. The first-order valence-corrected chi connectivity index (χ1v) is 9.91. The van der Waals surface area contributed by atoms with Gasteiger partial charge in [-0.3, -0.25) is 4.79 Å². The van der Waals surface area contributed by atoms with Crippen molar-refractivity contribution in [3.63, 3.8) is 0 Å². The lowest BCUT2D eigenvalue weighted by atomic mass is 10.2. The Morgan fingerprint density at radius 2 is 1.73 bits per heavy atom. The van der Waals surface area contributed by atoms with Gasteiger partial charge in [-0.1, -0.05) is 53.5 Å². The Morgan fingerprint density at radius 1 is 0.967 bits per heavy atom. The molecule has 30 heavy (non-hydrogen) atoms. The molecule has 0 spiro atoms. The molecule has 4 rings (SSSR count). The van der Waals surface area contributed by atoms with Crippen LogP contribution < -0.4 is 5.32 Å². The van der Waals surface area contributed by atoms with E-state index in [9.17, 15) is 4.79 Å². The van der Waals surface area contributed by atoms with Crippen molar-refractivity contribution in [3.8, 4) is 22.7 Å². The van der Waals surface area contributed by atoms with E-state index in [1.807, 2.05) is 30.3 Å². The number of carbonyl (C=O) groups excluding carboxylic acids is 1. The van der Waals surface area contributed by atoms with E-state index in [2.05, 4.69) is 20.3 Å². The molecular formula is C22H16Cl2N4O2. The van der Waals surface area contributed by atoms with E-state index >= 15 is 0 Å². The van der Waals surface area contributed by atoms with Crippen LogP contribution in [0.25, 0.3) is 22.7 Å². The normalized spacial score (nSPS) is 10.7. The zero-order valence-electron chi connectivity index (χ0n) is 15.7. The zero-order valence-corrected chi connectivity index (χ0v) is 17.2. The molecule has 1 N–H and O–H groups in total. The van der Waals surface area contributed by atoms with Gasteiger partial charge in [0.2, 0.25) is 5.91 Å². The quantitative estimate of drug-likeness (QED) is 0.418. The summed E-state index contributed by atoms with van der Waals surface area (Å²) in [6.07, 6.45) is 5.30. The number of halogens is 2. The molecule has 2 aromatic carbocycles. The topological polar surface area (TPSA) is 80.9 Å². The van der Waals surface area contributed by atoms with E-state index in [-0.39, 0.29) is 12.3 Å². The molecule has 0 atom stereocenters. The van der Waals surface area contributed by atoms with Gasteiger partial charge < -0.3 is 9.73 Å². The molecule has 0 fully saturated rings. The smallest absolute Gasteiger partial charge is 0.224 e. The van der Waals surface area contributed by atoms with Crippen molar-refractivity contribution in [3.05, 3.63) is 83.1 Å². The van der Waals surface area contributed by atoms with Crippen molar-refractivity contribution in [1.29, 1.82) is 0 Å². The Hall–Kier alpha value is -3.22. The summed E-state index contributed by atoms with van der Waals surface area (Å²) in [7, 11) is 0. The number of nitrogens with one attached hydrogen (secondary N) is 1. The molecule has 0 aliphatic carbocycles. The van der Waals surface area contributed by atoms with Crippen molar-refractivity contribution in [2.75, 3.05) is 5.32 Å². The number of benzene rings is 2. The Bertz CT molecular complexity index is 1160. The van der Waals surface area contributed by atoms with E-state index < -0.39 is 0 Å². The van der Waals surface area contributed by atoms with Gasteiger partial charge in [0.15, 0.2) is 17.5 Å². The third kappa shape index (κ3) is 4.84. The second-order valence-electron chi connectivity index (χ2n) is 6.45. The van der Waals surface area contributed by atoms with Gasteiger partial charge in [0.1, 0.15) is 0 Å². The van der Waals surface area contributed by atoms with Gasteiger partial charge in [0.05, 0.1) is 29.3 Å². The summed E-state index contributed by atoms with van der Waals surface area (Å²) in [6, 6.07) is 14.8. The number of carbonyl (C=O) groups is 1. The van der Waals surface area contributed by atoms with Gasteiger partial charge in [-0.2, -0.15) is 0 Å². The van der Waals surface area contributed by atoms with Crippen molar-refractivity contribution in [2.45, 2.75) is 12.8 Å². The highest BCUT2D eigenvalue weighted by molar-refractivity contribution is 6.36. The van der Waals surface area contributed by atoms with Gasteiger partial charge in [-0.15, -0.1) is 0 Å². The zero-order chi connectivity index (χ0) is 20.9. The molecule has 6 nitrogen and oxygen atoms in total. The molecule has 150 valence electrons. The van der Waals surface area contributed by atoms with Crippen LogP contribution in [0.15, 0.2) is 71.5 Å². The molecule has 2 heterocycles. The monoisotopic (exact) mass is 438 g/mol. The van der Waals surface area contributed by atoms with E-state index in [4.69, 9.17) is 27.6 Å². The van der Waals surface area contributed by atoms with Gasteiger partial charge in [0, 0.05) is 29.0 Å². The third-order valence-electron chi connectivity index (χ3n) is 4.28. The van der Waals surface area contributed by atoms with Gasteiger partial charge in [-0.05, 0) is 18.2 Å². The lowest BCUT2D eigenvalue weighted by molar-refractivity contribution is -0.116. The minimum Gasteiger partial charge on any atom is -0.441 e. The van der Waals surface area contributed by atoms with Crippen molar-refractivity contribution in [1.82, 2.24) is 15.0 Å². The highest BCUT2D eigenvalue weighted by Crippen LogP contribution is 2.30. The number of anilines is 1. The maximum atomic E-state index is 12.2. The standard InChI is InChI=1S/C22H16Cl2N4O2/c23-15-6-7-17(18(24)10-15)19-13-25-21(30-19)9-8-20(29)28-16-11-26-22(27-12-16)14-4-2-1-3-5-14/h1-7,10-13H,8-9H2,(H,28,29). The summed E-state index contributed by atoms with van der Waals surface area (Å²) in [5.41, 5.74) is 2.14. The first-order chi connectivity index (χ1) is 14.6. The SMILES string of the molecule is O=C(CCc1ncc(-c2ccc(Cl)cc2Cl)o1)Nc1cnc(-c2ccccc2)nc1. The van der Waals surface area contributed by atoms with Gasteiger partial charge in [0.25, 0.3) is 0 Å². The fourth-order valence-corrected chi connectivity index (χ4v) is 3.31. The van der Waals surface area contributed by atoms with Gasteiger partial charge in [-0.25, -0.2) is 15.0 Å². The molecule has 2 aromatic heterocycles. The molecule has 0 bridgehead atoms. The second-order valence-corrected chi connectivity index (χ2v) is 7.30. The molecule has 4 aromatic rings. The van der Waals surface area contributed by atoms with E-state index in [0.29, 0.717) is 45.2 Å². The number of nitrogens with zero attached hydrogens (tertiary/aromatic N) is 3. The molecular weight excluding hydrogens is 423 g/mol. The lowest BCUT2D eigenvalue weighted by Crippen LogP contribution is -2.13. The molecule has 1 amide bonds. The molecule has 0 saturated heterocycles. The molecule has 8 heteroatoms. The minimum atomic E-state index is -0.185. The number of hydrogen-bond donors (Lipinski definition) is 1. The lowest BCUT2D eigenvalue weighted by Gasteiger charge is -2.05. The molecule has 0 aliphatic rings. The fraction of sp³-hybridized carbons (Fsp3) is 0.0909. The van der Waals surface area contributed by atoms with Crippen LogP contribution in [0.3, 0.4) is 0 Å². The summed E-state index contributed by atoms with van der Waals surface area (Å²) in [5, 5.41) is 3.79. The van der Waals surface area contributed by atoms with Crippen LogP contribution in [-0.2, 0) is 11.2 Å². The highest BCUT2D eigenvalue weighted by Gasteiger charge is 2.12. The summed E-state index contributed by atoms with van der Waals surface area (Å²) >= 11 is 12.1. The number of amides is 1. The highest BCUT2D eigenvalue weighted by atomic mass is 35.5. The number of aromatic nitrogens is 3. The first-order valence-electron chi connectivity index (χ1n) is 9.16.